The van der Waals surface area contributed by atoms with Crippen molar-refractivity contribution in [1.29, 1.82) is 0 Å². The Morgan fingerprint density at radius 1 is 1.16 bits per heavy atom. The second kappa shape index (κ2) is 7.93. The van der Waals surface area contributed by atoms with Gasteiger partial charge in [-0.3, -0.25) is 9.59 Å². The van der Waals surface area contributed by atoms with Gasteiger partial charge in [0.25, 0.3) is 0 Å². The summed E-state index contributed by atoms with van der Waals surface area (Å²) in [7, 11) is 0. The predicted molar refractivity (Wildman–Crippen MR) is 91.6 cm³/mol. The summed E-state index contributed by atoms with van der Waals surface area (Å²) in [6, 6.07) is 7.15. The lowest BCUT2D eigenvalue weighted by Gasteiger charge is -2.06. The Morgan fingerprint density at radius 2 is 1.96 bits per heavy atom. The molecular weight excluding hydrogens is 346 g/mol. The van der Waals surface area contributed by atoms with Crippen LogP contribution >= 0.6 is 11.8 Å². The highest BCUT2D eigenvalue weighted by molar-refractivity contribution is 8.00. The Labute approximate surface area is 148 Å². The van der Waals surface area contributed by atoms with Gasteiger partial charge in [-0.1, -0.05) is 11.2 Å². The Kier molecular flexibility index (Phi) is 5.44. The van der Waals surface area contributed by atoms with E-state index in [0.29, 0.717) is 29.6 Å². The first-order chi connectivity index (χ1) is 12.1. The smallest absolute Gasteiger partial charge is 0.235 e. The maximum atomic E-state index is 11.8. The summed E-state index contributed by atoms with van der Waals surface area (Å²) >= 11 is 1.22. The van der Waals surface area contributed by atoms with Gasteiger partial charge in [-0.05, 0) is 24.6 Å². The lowest BCUT2D eigenvalue weighted by molar-refractivity contribution is -0.118. The number of hydrogen-bond donors (Lipinski definition) is 2. The summed E-state index contributed by atoms with van der Waals surface area (Å²) in [5.74, 6) is 2.34. The molecule has 0 radical (unpaired) electrons. The maximum Gasteiger partial charge on any atom is 0.235 e. The van der Waals surface area contributed by atoms with E-state index in [1.165, 1.54) is 11.8 Å². The molecule has 0 spiro atoms. The summed E-state index contributed by atoms with van der Waals surface area (Å²) in [5, 5.41) is 9.07. The Hall–Kier alpha value is -2.68. The fraction of sp³-hybridized carbons (Fsp3) is 0.312. The van der Waals surface area contributed by atoms with Crippen molar-refractivity contribution in [3.8, 4) is 11.5 Å². The summed E-state index contributed by atoms with van der Waals surface area (Å²) in [6.07, 6.45) is 0. The number of hydrogen-bond acceptors (Lipinski definition) is 7. The molecule has 2 N–H and O–H groups in total. The number of amides is 2. The van der Waals surface area contributed by atoms with E-state index < -0.39 is 0 Å². The molecule has 25 heavy (non-hydrogen) atoms. The third-order valence-corrected chi connectivity index (χ3v) is 4.22. The van der Waals surface area contributed by atoms with Gasteiger partial charge in [-0.2, -0.15) is 0 Å². The average Bonchev–Trinajstić information content (AvgIpc) is 3.21. The highest BCUT2D eigenvalue weighted by Gasteiger charge is 2.13. The summed E-state index contributed by atoms with van der Waals surface area (Å²) in [6.45, 7) is 2.35. The number of fused-ring (bicyclic) bond motifs is 1. The van der Waals surface area contributed by atoms with E-state index in [1.807, 2.05) is 18.2 Å². The Bertz CT molecular complexity index is 777. The van der Waals surface area contributed by atoms with Crippen LogP contribution in [0.3, 0.4) is 0 Å². The number of carbonyl (C=O) groups excluding carboxylic acids is 2. The number of nitrogens with one attached hydrogen (secondary N) is 2. The summed E-state index contributed by atoms with van der Waals surface area (Å²) in [5.41, 5.74) is 0.918. The van der Waals surface area contributed by atoms with Crippen LogP contribution in [0.5, 0.6) is 11.5 Å². The van der Waals surface area contributed by atoms with Crippen LogP contribution in [0.15, 0.2) is 28.8 Å². The van der Waals surface area contributed by atoms with E-state index in [9.17, 15) is 9.59 Å². The highest BCUT2D eigenvalue weighted by Crippen LogP contribution is 2.32. The lowest BCUT2D eigenvalue weighted by Crippen LogP contribution is -2.25. The minimum atomic E-state index is -0.234. The Morgan fingerprint density at radius 3 is 2.76 bits per heavy atom. The van der Waals surface area contributed by atoms with Crippen LogP contribution < -0.4 is 20.1 Å². The topological polar surface area (TPSA) is 103 Å². The first kappa shape index (κ1) is 17.2. The second-order valence-corrected chi connectivity index (χ2v) is 6.31. The molecule has 0 unspecified atom stereocenters. The first-order valence-electron chi connectivity index (χ1n) is 7.56. The largest absolute Gasteiger partial charge is 0.454 e. The van der Waals surface area contributed by atoms with Gasteiger partial charge in [-0.25, -0.2) is 0 Å². The van der Waals surface area contributed by atoms with E-state index >= 15 is 0 Å². The molecule has 132 valence electrons. The molecule has 2 aromatic rings. The number of anilines is 1. The van der Waals surface area contributed by atoms with E-state index in [0.717, 1.165) is 5.56 Å². The monoisotopic (exact) mass is 363 g/mol. The van der Waals surface area contributed by atoms with Crippen LogP contribution in [0.1, 0.15) is 11.3 Å². The number of thioether (sulfide) groups is 1. The number of ether oxygens (including phenoxy) is 2. The number of benzene rings is 1. The van der Waals surface area contributed by atoms with E-state index in [1.54, 1.807) is 13.0 Å². The van der Waals surface area contributed by atoms with E-state index in [-0.39, 0.29) is 30.1 Å². The summed E-state index contributed by atoms with van der Waals surface area (Å²) in [4.78, 5) is 23.6. The van der Waals surface area contributed by atoms with Crippen LogP contribution in [0.2, 0.25) is 0 Å². The first-order valence-corrected chi connectivity index (χ1v) is 8.72. The predicted octanol–water partition coefficient (Wildman–Crippen LogP) is 1.70. The van der Waals surface area contributed by atoms with Gasteiger partial charge >= 0.3 is 0 Å². The SMILES string of the molecule is Cc1cc(NC(=O)CSCC(=O)NCc2ccc3c(c2)OCO3)no1. The molecule has 2 heterocycles. The summed E-state index contributed by atoms with van der Waals surface area (Å²) < 4.78 is 15.4. The van der Waals surface area contributed by atoms with Gasteiger partial charge in [0.1, 0.15) is 5.76 Å². The van der Waals surface area contributed by atoms with Gasteiger partial charge in [0, 0.05) is 12.6 Å². The molecule has 8 nitrogen and oxygen atoms in total. The van der Waals surface area contributed by atoms with Crippen LogP contribution in [-0.2, 0) is 16.1 Å². The van der Waals surface area contributed by atoms with Crippen LogP contribution in [-0.4, -0.2) is 35.3 Å². The number of aryl methyl sites for hydroxylation is 1. The van der Waals surface area contributed by atoms with Gasteiger partial charge in [0.2, 0.25) is 18.6 Å². The van der Waals surface area contributed by atoms with Gasteiger partial charge in [-0.15, -0.1) is 11.8 Å². The highest BCUT2D eigenvalue weighted by atomic mass is 32.2. The van der Waals surface area contributed by atoms with Crippen LogP contribution in [0, 0.1) is 6.92 Å². The molecule has 1 aromatic heterocycles. The standard InChI is InChI=1S/C16H17N3O5S/c1-10-4-14(19-24-10)18-16(21)8-25-7-15(20)17-6-11-2-3-12-13(5-11)23-9-22-12/h2-5H,6-9H2,1H3,(H,17,20)(H,18,19,21). The van der Waals surface area contributed by atoms with Crippen molar-refractivity contribution >= 4 is 29.4 Å². The quantitative estimate of drug-likeness (QED) is 0.772. The number of nitrogens with zero attached hydrogens (tertiary/aromatic N) is 1. The molecule has 0 saturated carbocycles. The molecule has 0 bridgehead atoms. The zero-order valence-electron chi connectivity index (χ0n) is 13.5. The minimum absolute atomic E-state index is 0.146. The molecule has 2 amide bonds. The zero-order chi connectivity index (χ0) is 17.6. The van der Waals surface area contributed by atoms with Crippen molar-refractivity contribution in [2.24, 2.45) is 0 Å². The third kappa shape index (κ3) is 4.90. The zero-order valence-corrected chi connectivity index (χ0v) is 14.4. The molecule has 0 aliphatic carbocycles. The number of aromatic nitrogens is 1. The molecule has 3 rings (SSSR count). The van der Waals surface area contributed by atoms with Crippen molar-refractivity contribution < 1.29 is 23.6 Å². The minimum Gasteiger partial charge on any atom is -0.454 e. The number of rotatable bonds is 7. The fourth-order valence-corrected chi connectivity index (χ4v) is 2.79. The van der Waals surface area contributed by atoms with Gasteiger partial charge in [0.05, 0.1) is 11.5 Å². The van der Waals surface area contributed by atoms with Gasteiger partial charge < -0.3 is 24.6 Å². The third-order valence-electron chi connectivity index (χ3n) is 3.29. The molecule has 1 aliphatic heterocycles. The molecule has 1 aliphatic rings. The van der Waals surface area contributed by atoms with Crippen molar-refractivity contribution in [1.82, 2.24) is 10.5 Å². The lowest BCUT2D eigenvalue weighted by atomic mass is 10.2. The van der Waals surface area contributed by atoms with Crippen LogP contribution in [0.4, 0.5) is 5.82 Å². The van der Waals surface area contributed by atoms with Gasteiger partial charge in [0.15, 0.2) is 17.3 Å². The van der Waals surface area contributed by atoms with E-state index in [2.05, 4.69) is 15.8 Å². The van der Waals surface area contributed by atoms with Crippen LogP contribution in [0.25, 0.3) is 0 Å². The van der Waals surface area contributed by atoms with Crippen molar-refractivity contribution in [3.63, 3.8) is 0 Å². The maximum absolute atomic E-state index is 11.8. The normalized spacial score (nSPS) is 12.0. The molecule has 0 fully saturated rings. The Balaban J connectivity index is 1.34. The molecule has 9 heteroatoms. The molecule has 0 saturated heterocycles. The molecule has 1 aromatic carbocycles. The second-order valence-electron chi connectivity index (χ2n) is 5.33. The average molecular weight is 363 g/mol. The fourth-order valence-electron chi connectivity index (χ4n) is 2.14. The molecule has 0 atom stereocenters. The van der Waals surface area contributed by atoms with Crippen molar-refractivity contribution in [2.75, 3.05) is 23.6 Å². The molecular formula is C16H17N3O5S. The van der Waals surface area contributed by atoms with E-state index in [4.69, 9.17) is 14.0 Å². The van der Waals surface area contributed by atoms with Crippen molar-refractivity contribution in [2.45, 2.75) is 13.5 Å². The van der Waals surface area contributed by atoms with Crippen molar-refractivity contribution in [3.05, 3.63) is 35.6 Å². The number of carbonyl (C=O) groups is 2.